The first-order chi connectivity index (χ1) is 16.2. The van der Waals surface area contributed by atoms with Crippen LogP contribution in [0.5, 0.6) is 0 Å². The van der Waals surface area contributed by atoms with Gasteiger partial charge in [0.15, 0.2) is 0 Å². The first-order valence-electron chi connectivity index (χ1n) is 11.4. The number of para-hydroxylation sites is 1. The van der Waals surface area contributed by atoms with E-state index in [1.54, 1.807) is 71.6 Å². The van der Waals surface area contributed by atoms with Crippen molar-refractivity contribution in [3.63, 3.8) is 0 Å². The third kappa shape index (κ3) is 8.92. The number of aliphatic carboxylic acids is 1. The summed E-state index contributed by atoms with van der Waals surface area (Å²) in [5.41, 5.74) is -0.389. The minimum atomic E-state index is -1.12. The van der Waals surface area contributed by atoms with Crippen molar-refractivity contribution >= 4 is 23.7 Å². The van der Waals surface area contributed by atoms with Gasteiger partial charge in [0.05, 0.1) is 17.6 Å². The molecule has 1 unspecified atom stereocenters. The Hall–Kier alpha value is -3.62. The Balaban J connectivity index is 2.20. The summed E-state index contributed by atoms with van der Waals surface area (Å²) in [6.07, 6.45) is 3.44. The van der Waals surface area contributed by atoms with Crippen LogP contribution in [-0.4, -0.2) is 55.5 Å². The first kappa shape index (κ1) is 27.6. The maximum atomic E-state index is 12.7. The number of hydrogen-bond donors (Lipinski definition) is 1. The fraction of sp³-hybridized carbons (Fsp3) is 0.462. The number of carbonyl (C=O) groups is 3. The minimum Gasteiger partial charge on any atom is -0.478 e. The zero-order valence-corrected chi connectivity index (χ0v) is 21.4. The van der Waals surface area contributed by atoms with Gasteiger partial charge in [-0.05, 0) is 66.0 Å². The quantitative estimate of drug-likeness (QED) is 0.513. The van der Waals surface area contributed by atoms with E-state index in [0.29, 0.717) is 12.1 Å². The molecule has 0 saturated heterocycles. The van der Waals surface area contributed by atoms with Crippen LogP contribution >= 0.6 is 0 Å². The van der Waals surface area contributed by atoms with Gasteiger partial charge in [-0.3, -0.25) is 0 Å². The van der Waals surface area contributed by atoms with Crippen LogP contribution in [-0.2, 0) is 14.3 Å². The molecule has 9 nitrogen and oxygen atoms in total. The van der Waals surface area contributed by atoms with E-state index in [2.05, 4.69) is 4.98 Å². The number of allylic oxidation sites excluding steroid dienone is 1. The second-order valence-corrected chi connectivity index (χ2v) is 10.3. The Morgan fingerprint density at radius 3 is 2.06 bits per heavy atom. The zero-order valence-electron chi connectivity index (χ0n) is 21.4. The summed E-state index contributed by atoms with van der Waals surface area (Å²) in [6.45, 7) is 12.0. The third-order valence-corrected chi connectivity index (χ3v) is 4.63. The largest absolute Gasteiger partial charge is 0.478 e. The highest BCUT2D eigenvalue weighted by molar-refractivity contribution is 6.14. The minimum absolute atomic E-state index is 0.00710. The molecule has 2 aromatic rings. The number of hydrogen-bond acceptors (Lipinski definition) is 6. The lowest BCUT2D eigenvalue weighted by Gasteiger charge is -2.29. The van der Waals surface area contributed by atoms with Crippen LogP contribution in [0.15, 0.2) is 48.9 Å². The summed E-state index contributed by atoms with van der Waals surface area (Å²) in [6, 6.07) is 9.43. The molecule has 0 radical (unpaired) electrons. The number of aromatic nitrogens is 2. The van der Waals surface area contributed by atoms with Crippen molar-refractivity contribution in [1.29, 1.82) is 0 Å². The van der Waals surface area contributed by atoms with Crippen molar-refractivity contribution < 1.29 is 29.0 Å². The number of nitrogens with zero attached hydrogens (tertiary/aromatic N) is 3. The monoisotopic (exact) mass is 485 g/mol. The van der Waals surface area contributed by atoms with E-state index in [1.165, 1.54) is 0 Å². The molecule has 0 spiro atoms. The fourth-order valence-electron chi connectivity index (χ4n) is 3.06. The van der Waals surface area contributed by atoms with Gasteiger partial charge in [0.2, 0.25) is 0 Å². The summed E-state index contributed by atoms with van der Waals surface area (Å²) in [7, 11) is 0. The number of carbonyl (C=O) groups excluding carboxylic acids is 2. The average molecular weight is 486 g/mol. The standard InChI is InChI=1S/C26H35N3O6/c1-18(13-14-29(23(32)34-25(2,3)4)24(33)35-26(5,6)7)15-20(22(30)31)21-16-28(17-27-21)19-11-9-8-10-12-19/h8-12,15-18H,13-14H2,1-7H3,(H,30,31)/b20-15-. The molecule has 1 atom stereocenters. The second-order valence-electron chi connectivity index (χ2n) is 10.3. The maximum absolute atomic E-state index is 12.7. The van der Waals surface area contributed by atoms with Crippen LogP contribution in [0.3, 0.4) is 0 Å². The molecule has 0 aliphatic rings. The number of amides is 2. The highest BCUT2D eigenvalue weighted by Gasteiger charge is 2.31. The lowest BCUT2D eigenvalue weighted by Crippen LogP contribution is -2.44. The van der Waals surface area contributed by atoms with Gasteiger partial charge in [-0.25, -0.2) is 24.3 Å². The Morgan fingerprint density at radius 1 is 1.03 bits per heavy atom. The second kappa shape index (κ2) is 11.2. The molecule has 0 bridgehead atoms. The van der Waals surface area contributed by atoms with Crippen LogP contribution < -0.4 is 0 Å². The van der Waals surface area contributed by atoms with Gasteiger partial charge in [0.25, 0.3) is 0 Å². The Bertz CT molecular complexity index is 1030. The third-order valence-electron chi connectivity index (χ3n) is 4.63. The highest BCUT2D eigenvalue weighted by atomic mass is 16.6. The summed E-state index contributed by atoms with van der Waals surface area (Å²) < 4.78 is 12.5. The zero-order chi connectivity index (χ0) is 26.4. The van der Waals surface area contributed by atoms with Gasteiger partial charge >= 0.3 is 18.2 Å². The summed E-state index contributed by atoms with van der Waals surface area (Å²) in [5.74, 6) is -1.42. The topological polar surface area (TPSA) is 111 Å². The normalized spacial score (nSPS) is 13.2. The van der Waals surface area contributed by atoms with Crippen molar-refractivity contribution in [2.75, 3.05) is 6.54 Å². The molecule has 2 rings (SSSR count). The Morgan fingerprint density at radius 2 is 1.57 bits per heavy atom. The molecule has 1 aromatic heterocycles. The predicted octanol–water partition coefficient (Wildman–Crippen LogP) is 5.54. The molecule has 190 valence electrons. The molecule has 35 heavy (non-hydrogen) atoms. The maximum Gasteiger partial charge on any atom is 0.419 e. The highest BCUT2D eigenvalue weighted by Crippen LogP contribution is 2.21. The van der Waals surface area contributed by atoms with E-state index >= 15 is 0 Å². The van der Waals surface area contributed by atoms with Crippen LogP contribution in [0.2, 0.25) is 0 Å². The van der Waals surface area contributed by atoms with Gasteiger partial charge in [0, 0.05) is 18.4 Å². The fourth-order valence-corrected chi connectivity index (χ4v) is 3.06. The lowest BCUT2D eigenvalue weighted by atomic mass is 10.0. The summed E-state index contributed by atoms with van der Waals surface area (Å²) >= 11 is 0. The molecular weight excluding hydrogens is 450 g/mol. The molecule has 1 aromatic carbocycles. The molecule has 2 amide bonds. The van der Waals surface area contributed by atoms with Crippen LogP contribution in [0.4, 0.5) is 9.59 Å². The molecule has 0 aliphatic carbocycles. The van der Waals surface area contributed by atoms with Crippen LogP contribution in [0, 0.1) is 5.92 Å². The van der Waals surface area contributed by atoms with Gasteiger partial charge < -0.3 is 19.1 Å². The van der Waals surface area contributed by atoms with Crippen molar-refractivity contribution in [2.24, 2.45) is 5.92 Å². The number of ether oxygens (including phenoxy) is 2. The van der Waals surface area contributed by atoms with Crippen molar-refractivity contribution in [3.8, 4) is 5.69 Å². The van der Waals surface area contributed by atoms with Gasteiger partial charge in [-0.15, -0.1) is 0 Å². The van der Waals surface area contributed by atoms with Crippen LogP contribution in [0.25, 0.3) is 11.3 Å². The first-order valence-corrected chi connectivity index (χ1v) is 11.4. The molecule has 1 N–H and O–H groups in total. The molecule has 1 heterocycles. The van der Waals surface area contributed by atoms with Gasteiger partial charge in [-0.1, -0.05) is 31.2 Å². The van der Waals surface area contributed by atoms with Crippen molar-refractivity contribution in [3.05, 3.63) is 54.6 Å². The van der Waals surface area contributed by atoms with E-state index in [1.807, 2.05) is 30.3 Å². The van der Waals surface area contributed by atoms with Crippen LogP contribution in [0.1, 0.15) is 60.6 Å². The molecule has 9 heteroatoms. The predicted molar refractivity (Wildman–Crippen MR) is 132 cm³/mol. The number of carboxylic acids is 1. The van der Waals surface area contributed by atoms with E-state index in [0.717, 1.165) is 10.6 Å². The lowest BCUT2D eigenvalue weighted by molar-refractivity contribution is -0.130. The Kier molecular flexibility index (Phi) is 8.84. The molecular formula is C26H35N3O6. The SMILES string of the molecule is CC(/C=C(\C(=O)O)c1cn(-c2ccccc2)cn1)CCN(C(=O)OC(C)(C)C)C(=O)OC(C)(C)C. The van der Waals surface area contributed by atoms with Gasteiger partial charge in [-0.2, -0.15) is 0 Å². The Labute approximate surface area is 206 Å². The number of imide groups is 1. The van der Waals surface area contributed by atoms with Crippen molar-refractivity contribution in [1.82, 2.24) is 14.5 Å². The average Bonchev–Trinajstić information content (AvgIpc) is 3.19. The smallest absolute Gasteiger partial charge is 0.419 e. The summed E-state index contributed by atoms with van der Waals surface area (Å²) in [5, 5.41) is 9.79. The number of benzene rings is 1. The van der Waals surface area contributed by atoms with E-state index in [4.69, 9.17) is 9.47 Å². The van der Waals surface area contributed by atoms with Crippen molar-refractivity contribution in [2.45, 2.75) is 66.1 Å². The summed E-state index contributed by atoms with van der Waals surface area (Å²) in [4.78, 5) is 42.5. The number of imidazole rings is 1. The number of carboxylic acid groups (broad SMARTS) is 1. The number of rotatable bonds is 7. The van der Waals surface area contributed by atoms with E-state index in [9.17, 15) is 19.5 Å². The van der Waals surface area contributed by atoms with E-state index < -0.39 is 29.4 Å². The molecule has 0 saturated carbocycles. The molecule has 0 fully saturated rings. The van der Waals surface area contributed by atoms with Gasteiger partial charge in [0.1, 0.15) is 11.2 Å². The molecule has 0 aliphatic heterocycles. The van der Waals surface area contributed by atoms with E-state index in [-0.39, 0.29) is 18.0 Å².